The monoisotopic (exact) mass is 486 g/mol. The van der Waals surface area contributed by atoms with Crippen LogP contribution in [0.4, 0.5) is 19.0 Å². The highest BCUT2D eigenvalue weighted by Crippen LogP contribution is 2.30. The van der Waals surface area contributed by atoms with E-state index in [0.29, 0.717) is 38.3 Å². The molecule has 1 aliphatic rings. The summed E-state index contributed by atoms with van der Waals surface area (Å²) in [5.74, 6) is 0.0237. The van der Waals surface area contributed by atoms with Crippen molar-refractivity contribution in [1.82, 2.24) is 24.7 Å². The maximum Gasteiger partial charge on any atom is 0.453 e. The molecular formula is C24H25F3N6O2. The minimum atomic E-state index is -4.65. The van der Waals surface area contributed by atoms with Crippen molar-refractivity contribution in [2.24, 2.45) is 5.92 Å². The lowest BCUT2D eigenvalue weighted by atomic mass is 9.95. The van der Waals surface area contributed by atoms with Crippen LogP contribution in [-0.4, -0.2) is 50.8 Å². The molecule has 1 aromatic carbocycles. The molecule has 184 valence electrons. The number of carbonyl (C=O) groups is 1. The lowest BCUT2D eigenvalue weighted by Gasteiger charge is -2.33. The van der Waals surface area contributed by atoms with Crippen molar-refractivity contribution < 1.29 is 22.4 Å². The summed E-state index contributed by atoms with van der Waals surface area (Å²) in [6.45, 7) is 3.52. The highest BCUT2D eigenvalue weighted by Gasteiger charge is 2.38. The second-order valence-electron chi connectivity index (χ2n) is 8.79. The molecule has 1 saturated heterocycles. The van der Waals surface area contributed by atoms with Crippen LogP contribution >= 0.6 is 0 Å². The Morgan fingerprint density at radius 2 is 1.89 bits per heavy atom. The van der Waals surface area contributed by atoms with E-state index in [1.54, 1.807) is 18.0 Å². The number of aryl methyl sites for hydroxylation is 1. The second kappa shape index (κ2) is 8.86. The summed E-state index contributed by atoms with van der Waals surface area (Å²) in [4.78, 5) is 16.8. The fourth-order valence-electron chi connectivity index (χ4n) is 4.72. The Balaban J connectivity index is 1.26. The SMILES string of the molecule is CCc1oc2ccccc2c1CN(C)C(=O)C1CCN(c2ccc3nnc(C(F)(F)F)n3n2)CC1. The van der Waals surface area contributed by atoms with E-state index in [0.717, 1.165) is 33.2 Å². The van der Waals surface area contributed by atoms with E-state index in [4.69, 9.17) is 4.42 Å². The molecule has 0 spiro atoms. The first-order valence-corrected chi connectivity index (χ1v) is 11.5. The van der Waals surface area contributed by atoms with Crippen LogP contribution in [0.3, 0.4) is 0 Å². The Kier molecular flexibility index (Phi) is 5.86. The van der Waals surface area contributed by atoms with Crippen LogP contribution < -0.4 is 4.90 Å². The number of hydrogen-bond donors (Lipinski definition) is 0. The van der Waals surface area contributed by atoms with Gasteiger partial charge in [0.1, 0.15) is 17.2 Å². The average Bonchev–Trinajstić information content (AvgIpc) is 3.44. The van der Waals surface area contributed by atoms with Crippen LogP contribution in [0.1, 0.15) is 36.9 Å². The van der Waals surface area contributed by atoms with Crippen molar-refractivity contribution in [3.05, 3.63) is 53.5 Å². The highest BCUT2D eigenvalue weighted by atomic mass is 19.4. The smallest absolute Gasteiger partial charge is 0.453 e. The molecule has 1 aliphatic heterocycles. The van der Waals surface area contributed by atoms with E-state index >= 15 is 0 Å². The van der Waals surface area contributed by atoms with Gasteiger partial charge in [0.15, 0.2) is 5.65 Å². The zero-order valence-corrected chi connectivity index (χ0v) is 19.4. The number of piperidine rings is 1. The fourth-order valence-corrected chi connectivity index (χ4v) is 4.72. The van der Waals surface area contributed by atoms with Gasteiger partial charge < -0.3 is 14.2 Å². The van der Waals surface area contributed by atoms with Crippen LogP contribution in [0.5, 0.6) is 0 Å². The zero-order chi connectivity index (χ0) is 24.7. The van der Waals surface area contributed by atoms with Gasteiger partial charge in [-0.3, -0.25) is 4.79 Å². The van der Waals surface area contributed by atoms with Crippen molar-refractivity contribution in [2.75, 3.05) is 25.0 Å². The molecule has 1 fully saturated rings. The minimum absolute atomic E-state index is 0.0333. The average molecular weight is 486 g/mol. The van der Waals surface area contributed by atoms with E-state index in [9.17, 15) is 18.0 Å². The lowest BCUT2D eigenvalue weighted by Crippen LogP contribution is -2.41. The number of fused-ring (bicyclic) bond motifs is 2. The molecule has 0 atom stereocenters. The van der Waals surface area contributed by atoms with Gasteiger partial charge in [-0.2, -0.15) is 17.7 Å². The summed E-state index contributed by atoms with van der Waals surface area (Å²) >= 11 is 0. The molecule has 0 N–H and O–H groups in total. The number of hydrogen-bond acceptors (Lipinski definition) is 6. The Morgan fingerprint density at radius 3 is 2.60 bits per heavy atom. The summed E-state index contributed by atoms with van der Waals surface area (Å²) in [6.07, 6.45) is -2.73. The zero-order valence-electron chi connectivity index (χ0n) is 19.4. The standard InChI is InChI=1S/C24H25F3N6O2/c1-3-18-17(16-6-4-5-7-19(16)35-18)14-31(2)22(34)15-10-12-32(13-11-15)21-9-8-20-28-29-23(24(25,26)27)33(20)30-21/h4-9,15H,3,10-14H2,1-2H3. The molecule has 0 aliphatic carbocycles. The number of halogens is 3. The summed E-state index contributed by atoms with van der Waals surface area (Å²) in [7, 11) is 1.80. The maximum absolute atomic E-state index is 13.2. The Labute approximate surface area is 199 Å². The Morgan fingerprint density at radius 1 is 1.14 bits per heavy atom. The van der Waals surface area contributed by atoms with E-state index in [1.807, 2.05) is 36.1 Å². The number of benzene rings is 1. The first-order chi connectivity index (χ1) is 16.8. The van der Waals surface area contributed by atoms with Gasteiger partial charge in [-0.25, -0.2) is 0 Å². The third-order valence-electron chi connectivity index (χ3n) is 6.55. The number of nitrogens with zero attached hydrogens (tertiary/aromatic N) is 6. The quantitative estimate of drug-likeness (QED) is 0.418. The molecule has 11 heteroatoms. The van der Waals surface area contributed by atoms with Gasteiger partial charge >= 0.3 is 6.18 Å². The number of carbonyl (C=O) groups excluding carboxylic acids is 1. The molecule has 5 rings (SSSR count). The predicted molar refractivity (Wildman–Crippen MR) is 123 cm³/mol. The third kappa shape index (κ3) is 4.30. The second-order valence-corrected chi connectivity index (χ2v) is 8.79. The molecule has 0 bridgehead atoms. The predicted octanol–water partition coefficient (Wildman–Crippen LogP) is 4.33. The van der Waals surface area contributed by atoms with Crippen LogP contribution in [0.15, 0.2) is 40.8 Å². The summed E-state index contributed by atoms with van der Waals surface area (Å²) < 4.78 is 46.2. The topological polar surface area (TPSA) is 79.8 Å². The normalized spacial score (nSPS) is 15.3. The van der Waals surface area contributed by atoms with E-state index in [1.165, 1.54) is 6.07 Å². The van der Waals surface area contributed by atoms with Gasteiger partial charge in [0.25, 0.3) is 5.82 Å². The number of para-hydroxylation sites is 1. The van der Waals surface area contributed by atoms with Crippen LogP contribution in [-0.2, 0) is 23.9 Å². The number of alkyl halides is 3. The molecule has 0 radical (unpaired) electrons. The summed E-state index contributed by atoms with van der Waals surface area (Å²) in [6, 6.07) is 10.9. The molecule has 4 aromatic rings. The van der Waals surface area contributed by atoms with Crippen molar-refractivity contribution in [3.8, 4) is 0 Å². The van der Waals surface area contributed by atoms with Crippen LogP contribution in [0, 0.1) is 5.92 Å². The van der Waals surface area contributed by atoms with Crippen LogP contribution in [0.25, 0.3) is 16.6 Å². The molecule has 0 saturated carbocycles. The number of furan rings is 1. The van der Waals surface area contributed by atoms with Crippen LogP contribution in [0.2, 0.25) is 0 Å². The number of aromatic nitrogens is 4. The minimum Gasteiger partial charge on any atom is -0.461 e. The van der Waals surface area contributed by atoms with Crippen molar-refractivity contribution in [3.63, 3.8) is 0 Å². The third-order valence-corrected chi connectivity index (χ3v) is 6.55. The molecule has 4 heterocycles. The Hall–Kier alpha value is -3.63. The molecule has 1 amide bonds. The van der Waals surface area contributed by atoms with Gasteiger partial charge in [0, 0.05) is 50.0 Å². The molecule has 3 aromatic heterocycles. The summed E-state index contributed by atoms with van der Waals surface area (Å²) in [5.41, 5.74) is 1.88. The van der Waals surface area contributed by atoms with Gasteiger partial charge in [0.2, 0.25) is 5.91 Å². The largest absolute Gasteiger partial charge is 0.461 e. The molecule has 35 heavy (non-hydrogen) atoms. The number of anilines is 1. The highest BCUT2D eigenvalue weighted by molar-refractivity contribution is 5.84. The molecule has 0 unspecified atom stereocenters. The number of amides is 1. The van der Waals surface area contributed by atoms with Gasteiger partial charge in [-0.1, -0.05) is 25.1 Å². The van der Waals surface area contributed by atoms with Gasteiger partial charge in [0.05, 0.1) is 0 Å². The first kappa shape index (κ1) is 23.1. The van der Waals surface area contributed by atoms with Crippen molar-refractivity contribution in [2.45, 2.75) is 38.9 Å². The fraction of sp³-hybridized carbons (Fsp3) is 0.417. The van der Waals surface area contributed by atoms with E-state index < -0.39 is 12.0 Å². The Bertz CT molecular complexity index is 1370. The molecule has 8 nitrogen and oxygen atoms in total. The van der Waals surface area contributed by atoms with Gasteiger partial charge in [-0.05, 0) is 31.0 Å². The molecular weight excluding hydrogens is 461 g/mol. The van der Waals surface area contributed by atoms with Crippen molar-refractivity contribution >= 4 is 28.3 Å². The first-order valence-electron chi connectivity index (χ1n) is 11.5. The van der Waals surface area contributed by atoms with E-state index in [-0.39, 0.29) is 17.5 Å². The maximum atomic E-state index is 13.2. The summed E-state index contributed by atoms with van der Waals surface area (Å²) in [5, 5.41) is 11.9. The van der Waals surface area contributed by atoms with Crippen molar-refractivity contribution in [1.29, 1.82) is 0 Å². The van der Waals surface area contributed by atoms with Gasteiger partial charge in [-0.15, -0.1) is 15.3 Å². The lowest BCUT2D eigenvalue weighted by molar-refractivity contribution is -0.146. The van der Waals surface area contributed by atoms with E-state index in [2.05, 4.69) is 15.3 Å². The number of rotatable bonds is 5.